The molecule has 2 heterocycles. The molecule has 0 saturated carbocycles. The highest BCUT2D eigenvalue weighted by Crippen LogP contribution is 2.32. The van der Waals surface area contributed by atoms with Gasteiger partial charge in [-0.05, 0) is 31.0 Å². The molecule has 1 fully saturated rings. The molecule has 2 aliphatic rings. The number of halogens is 1. The van der Waals surface area contributed by atoms with Crippen molar-refractivity contribution in [2.75, 3.05) is 18.4 Å². The van der Waals surface area contributed by atoms with E-state index in [1.807, 2.05) is 6.92 Å². The zero-order chi connectivity index (χ0) is 15.7. The van der Waals surface area contributed by atoms with Crippen LogP contribution in [-0.4, -0.2) is 40.2 Å². The summed E-state index contributed by atoms with van der Waals surface area (Å²) in [6, 6.07) is 5.37. The Hall–Kier alpha value is -1.53. The number of fused-ring (bicyclic) bond motifs is 1. The molecule has 116 valence electrons. The summed E-state index contributed by atoms with van der Waals surface area (Å²) < 4.78 is 0. The Balaban J connectivity index is 1.65. The summed E-state index contributed by atoms with van der Waals surface area (Å²) in [7, 11) is 0. The highest BCUT2D eigenvalue weighted by atomic mass is 35.5. The average molecular weight is 338 g/mol. The van der Waals surface area contributed by atoms with Gasteiger partial charge in [-0.3, -0.25) is 19.5 Å². The second kappa shape index (κ2) is 6.30. The number of anilines is 1. The standard InChI is InChI=1S/C15H16ClN3O2S/c1-9-10(16)4-2-5-11(9)18-13(20)8-12-14(21)19-7-3-6-17-15(19)22-12/h2,4-5,12H,3,6-8H2,1H3,(H,18,20). The number of carbonyl (C=O) groups is 2. The molecule has 1 aromatic carbocycles. The van der Waals surface area contributed by atoms with Gasteiger partial charge >= 0.3 is 0 Å². The van der Waals surface area contributed by atoms with Crippen molar-refractivity contribution < 1.29 is 9.59 Å². The molecule has 0 aliphatic carbocycles. The summed E-state index contributed by atoms with van der Waals surface area (Å²) in [5, 5.41) is 3.82. The lowest BCUT2D eigenvalue weighted by Gasteiger charge is -2.19. The van der Waals surface area contributed by atoms with Crippen molar-refractivity contribution in [3.05, 3.63) is 28.8 Å². The van der Waals surface area contributed by atoms with E-state index in [-0.39, 0.29) is 23.5 Å². The van der Waals surface area contributed by atoms with Crippen molar-refractivity contribution >= 4 is 46.0 Å². The van der Waals surface area contributed by atoms with E-state index in [9.17, 15) is 9.59 Å². The first-order chi connectivity index (χ1) is 10.6. The maximum atomic E-state index is 12.3. The summed E-state index contributed by atoms with van der Waals surface area (Å²) in [5.74, 6) is -0.196. The summed E-state index contributed by atoms with van der Waals surface area (Å²) >= 11 is 7.43. The number of hydrogen-bond donors (Lipinski definition) is 1. The second-order valence-corrected chi connectivity index (χ2v) is 6.86. The van der Waals surface area contributed by atoms with Gasteiger partial charge in [0.1, 0.15) is 5.25 Å². The van der Waals surface area contributed by atoms with Crippen LogP contribution in [0.3, 0.4) is 0 Å². The first kappa shape index (κ1) is 15.4. The smallest absolute Gasteiger partial charge is 0.242 e. The molecule has 1 atom stereocenters. The number of amidine groups is 1. The second-order valence-electron chi connectivity index (χ2n) is 5.28. The van der Waals surface area contributed by atoms with E-state index in [0.717, 1.165) is 23.7 Å². The first-order valence-electron chi connectivity index (χ1n) is 7.13. The third-order valence-electron chi connectivity index (χ3n) is 3.72. The van der Waals surface area contributed by atoms with Gasteiger partial charge in [0.15, 0.2) is 5.17 Å². The molecule has 0 spiro atoms. The van der Waals surface area contributed by atoms with Crippen LogP contribution < -0.4 is 5.32 Å². The van der Waals surface area contributed by atoms with E-state index in [1.54, 1.807) is 23.1 Å². The molecule has 2 amide bonds. The molecule has 2 aliphatic heterocycles. The lowest BCUT2D eigenvalue weighted by molar-refractivity contribution is -0.128. The van der Waals surface area contributed by atoms with E-state index in [2.05, 4.69) is 10.3 Å². The molecule has 1 N–H and O–H groups in total. The summed E-state index contributed by atoms with van der Waals surface area (Å²) in [4.78, 5) is 30.5. The minimum atomic E-state index is -0.378. The monoisotopic (exact) mass is 337 g/mol. The van der Waals surface area contributed by atoms with Crippen LogP contribution in [-0.2, 0) is 9.59 Å². The van der Waals surface area contributed by atoms with Gasteiger partial charge in [-0.15, -0.1) is 0 Å². The van der Waals surface area contributed by atoms with E-state index in [4.69, 9.17) is 11.6 Å². The Labute approximate surface area is 138 Å². The first-order valence-corrected chi connectivity index (χ1v) is 8.39. The fraction of sp³-hybridized carbons (Fsp3) is 0.400. The molecule has 0 aromatic heterocycles. The van der Waals surface area contributed by atoms with Crippen LogP contribution >= 0.6 is 23.4 Å². The van der Waals surface area contributed by atoms with Crippen LogP contribution in [0.1, 0.15) is 18.4 Å². The zero-order valence-electron chi connectivity index (χ0n) is 12.1. The van der Waals surface area contributed by atoms with Crippen molar-refractivity contribution in [2.45, 2.75) is 25.0 Å². The van der Waals surface area contributed by atoms with Gasteiger partial charge in [-0.25, -0.2) is 0 Å². The molecule has 1 saturated heterocycles. The maximum absolute atomic E-state index is 12.3. The Kier molecular flexibility index (Phi) is 4.40. The predicted molar refractivity (Wildman–Crippen MR) is 89.4 cm³/mol. The third-order valence-corrected chi connectivity index (χ3v) is 5.34. The van der Waals surface area contributed by atoms with Crippen molar-refractivity contribution in [3.8, 4) is 0 Å². The number of hydrogen-bond acceptors (Lipinski definition) is 4. The van der Waals surface area contributed by atoms with Gasteiger partial charge in [0, 0.05) is 30.2 Å². The molecule has 5 nitrogen and oxygen atoms in total. The maximum Gasteiger partial charge on any atom is 0.242 e. The minimum absolute atomic E-state index is 0.0126. The van der Waals surface area contributed by atoms with Crippen molar-refractivity contribution in [1.29, 1.82) is 0 Å². The number of carbonyl (C=O) groups excluding carboxylic acids is 2. The predicted octanol–water partition coefficient (Wildman–Crippen LogP) is 2.68. The van der Waals surface area contributed by atoms with Crippen LogP contribution in [0.25, 0.3) is 0 Å². The highest BCUT2D eigenvalue weighted by Gasteiger charge is 2.39. The van der Waals surface area contributed by atoms with Gasteiger partial charge in [-0.2, -0.15) is 0 Å². The molecule has 3 rings (SSSR count). The van der Waals surface area contributed by atoms with E-state index < -0.39 is 0 Å². The van der Waals surface area contributed by atoms with Crippen LogP contribution in [0.4, 0.5) is 5.69 Å². The van der Waals surface area contributed by atoms with E-state index in [0.29, 0.717) is 17.3 Å². The summed E-state index contributed by atoms with van der Waals surface area (Å²) in [6.45, 7) is 3.31. The largest absolute Gasteiger partial charge is 0.326 e. The Morgan fingerprint density at radius 3 is 3.14 bits per heavy atom. The fourth-order valence-electron chi connectivity index (χ4n) is 2.48. The summed E-state index contributed by atoms with van der Waals surface area (Å²) in [6.07, 6.45) is 1.03. The minimum Gasteiger partial charge on any atom is -0.326 e. The number of thioether (sulfide) groups is 1. The van der Waals surface area contributed by atoms with Gasteiger partial charge in [0.05, 0.1) is 0 Å². The molecule has 1 unspecified atom stereocenters. The summed E-state index contributed by atoms with van der Waals surface area (Å²) in [5.41, 5.74) is 1.51. The Bertz CT molecular complexity index is 662. The van der Waals surface area contributed by atoms with Crippen molar-refractivity contribution in [1.82, 2.24) is 4.90 Å². The average Bonchev–Trinajstić information content (AvgIpc) is 2.81. The number of nitrogens with zero attached hydrogens (tertiary/aromatic N) is 2. The lowest BCUT2D eigenvalue weighted by Crippen LogP contribution is -2.36. The normalized spacial score (nSPS) is 20.6. The highest BCUT2D eigenvalue weighted by molar-refractivity contribution is 8.15. The Morgan fingerprint density at radius 1 is 1.55 bits per heavy atom. The lowest BCUT2D eigenvalue weighted by atomic mass is 10.2. The number of aliphatic imine (C=N–C) groups is 1. The molecule has 0 bridgehead atoms. The van der Waals surface area contributed by atoms with Crippen LogP contribution in [0.5, 0.6) is 0 Å². The SMILES string of the molecule is Cc1c(Cl)cccc1NC(=O)CC1SC2=NCCCN2C1=O. The van der Waals surface area contributed by atoms with Crippen molar-refractivity contribution in [2.24, 2.45) is 4.99 Å². The third kappa shape index (κ3) is 2.98. The van der Waals surface area contributed by atoms with Crippen LogP contribution in [0, 0.1) is 6.92 Å². The number of benzene rings is 1. The Morgan fingerprint density at radius 2 is 2.36 bits per heavy atom. The molecule has 1 aromatic rings. The van der Waals surface area contributed by atoms with Crippen LogP contribution in [0.2, 0.25) is 5.02 Å². The topological polar surface area (TPSA) is 61.8 Å². The van der Waals surface area contributed by atoms with Crippen LogP contribution in [0.15, 0.2) is 23.2 Å². The zero-order valence-corrected chi connectivity index (χ0v) is 13.7. The number of amides is 2. The van der Waals surface area contributed by atoms with Gasteiger partial charge in [-0.1, -0.05) is 29.4 Å². The van der Waals surface area contributed by atoms with Crippen molar-refractivity contribution in [3.63, 3.8) is 0 Å². The molecular formula is C15H16ClN3O2S. The molecule has 0 radical (unpaired) electrons. The quantitative estimate of drug-likeness (QED) is 0.922. The fourth-order valence-corrected chi connectivity index (χ4v) is 3.85. The number of nitrogens with one attached hydrogen (secondary N) is 1. The van der Waals surface area contributed by atoms with E-state index >= 15 is 0 Å². The van der Waals surface area contributed by atoms with E-state index in [1.165, 1.54) is 11.8 Å². The number of rotatable bonds is 3. The van der Waals surface area contributed by atoms with Gasteiger partial charge in [0.2, 0.25) is 11.8 Å². The molecular weight excluding hydrogens is 322 g/mol. The van der Waals surface area contributed by atoms with Gasteiger partial charge in [0.25, 0.3) is 0 Å². The van der Waals surface area contributed by atoms with Gasteiger partial charge < -0.3 is 5.32 Å². The molecule has 22 heavy (non-hydrogen) atoms. The molecule has 7 heteroatoms.